The second-order valence-corrected chi connectivity index (χ2v) is 6.21. The minimum Gasteiger partial charge on any atom is -0.340 e. The number of aryl methyl sites for hydroxylation is 1. The van der Waals surface area contributed by atoms with Gasteiger partial charge in [0.2, 0.25) is 0 Å². The fraction of sp³-hybridized carbons (Fsp3) is 0.250. The van der Waals surface area contributed by atoms with Gasteiger partial charge in [-0.1, -0.05) is 24.3 Å². The Labute approximate surface area is 125 Å². The number of benzene rings is 1. The van der Waals surface area contributed by atoms with Crippen molar-refractivity contribution in [2.24, 2.45) is 0 Å². The molecule has 3 nitrogen and oxygen atoms in total. The van der Waals surface area contributed by atoms with Crippen LogP contribution in [0.5, 0.6) is 0 Å². The number of H-pyrrole nitrogens is 1. The number of nitrogens with one attached hydrogen (secondary N) is 1. The van der Waals surface area contributed by atoms with Gasteiger partial charge in [-0.3, -0.25) is 0 Å². The van der Waals surface area contributed by atoms with Crippen molar-refractivity contribution in [3.63, 3.8) is 0 Å². The molecule has 1 aromatic carbocycles. The molecule has 0 aliphatic heterocycles. The van der Waals surface area contributed by atoms with E-state index < -0.39 is 0 Å². The number of rotatable bonds is 1. The molecule has 0 spiro atoms. The van der Waals surface area contributed by atoms with E-state index in [-0.39, 0.29) is 0 Å². The molecule has 0 saturated heterocycles. The van der Waals surface area contributed by atoms with Crippen molar-refractivity contribution in [1.82, 2.24) is 15.0 Å². The van der Waals surface area contributed by atoms with Crippen molar-refractivity contribution in [2.45, 2.75) is 25.2 Å². The Morgan fingerprint density at radius 1 is 1.25 bits per heavy atom. The van der Waals surface area contributed by atoms with Gasteiger partial charge in [-0.2, -0.15) is 0 Å². The molecule has 0 amide bonds. The molecule has 4 heteroatoms. The Balaban J connectivity index is 1.84. The number of hydrogen-bond donors (Lipinski definition) is 1. The van der Waals surface area contributed by atoms with Crippen LogP contribution in [0.3, 0.4) is 0 Å². The number of fused-ring (bicyclic) bond motifs is 2. The molecule has 1 atom stereocenters. The first-order valence-electron chi connectivity index (χ1n) is 6.90. The Hall–Kier alpha value is -1.68. The van der Waals surface area contributed by atoms with Crippen LogP contribution in [0.15, 0.2) is 41.0 Å². The van der Waals surface area contributed by atoms with E-state index in [1.807, 2.05) is 6.07 Å². The molecule has 0 saturated carbocycles. The third-order valence-corrected chi connectivity index (χ3v) is 4.46. The molecule has 100 valence electrons. The van der Waals surface area contributed by atoms with E-state index in [9.17, 15) is 0 Å². The van der Waals surface area contributed by atoms with Crippen molar-refractivity contribution >= 4 is 27.1 Å². The summed E-state index contributed by atoms with van der Waals surface area (Å²) < 4.78 is 0.976. The van der Waals surface area contributed by atoms with Gasteiger partial charge in [0.05, 0.1) is 5.52 Å². The van der Waals surface area contributed by atoms with E-state index in [4.69, 9.17) is 0 Å². The Morgan fingerprint density at radius 2 is 2.15 bits per heavy atom. The summed E-state index contributed by atoms with van der Waals surface area (Å²) in [6, 6.07) is 10.7. The number of aromatic amines is 1. The van der Waals surface area contributed by atoms with E-state index in [0.29, 0.717) is 5.92 Å². The van der Waals surface area contributed by atoms with Crippen LogP contribution in [0.1, 0.15) is 35.7 Å². The first-order valence-corrected chi connectivity index (χ1v) is 7.69. The average molecular weight is 328 g/mol. The summed E-state index contributed by atoms with van der Waals surface area (Å²) in [5.74, 6) is 1.41. The third kappa shape index (κ3) is 1.95. The highest BCUT2D eigenvalue weighted by atomic mass is 79.9. The molecule has 2 aromatic heterocycles. The quantitative estimate of drug-likeness (QED) is 0.728. The molecule has 1 aliphatic carbocycles. The number of pyridine rings is 1. The molecule has 1 unspecified atom stereocenters. The molecule has 3 aromatic rings. The maximum Gasteiger partial charge on any atom is 0.177 e. The van der Waals surface area contributed by atoms with E-state index in [2.05, 4.69) is 55.1 Å². The van der Waals surface area contributed by atoms with Gasteiger partial charge in [0.15, 0.2) is 5.65 Å². The van der Waals surface area contributed by atoms with Crippen LogP contribution in [0.25, 0.3) is 11.2 Å². The second kappa shape index (κ2) is 4.70. The zero-order valence-electron chi connectivity index (χ0n) is 10.9. The average Bonchev–Trinajstić information content (AvgIpc) is 2.89. The predicted molar refractivity (Wildman–Crippen MR) is 82.8 cm³/mol. The van der Waals surface area contributed by atoms with Crippen molar-refractivity contribution in [3.8, 4) is 0 Å². The second-order valence-electron chi connectivity index (χ2n) is 5.29. The van der Waals surface area contributed by atoms with Crippen LogP contribution >= 0.6 is 15.9 Å². The largest absolute Gasteiger partial charge is 0.340 e. The Morgan fingerprint density at radius 3 is 3.10 bits per heavy atom. The van der Waals surface area contributed by atoms with E-state index in [1.165, 1.54) is 24.0 Å². The zero-order valence-corrected chi connectivity index (χ0v) is 12.5. The molecular weight excluding hydrogens is 314 g/mol. The van der Waals surface area contributed by atoms with Gasteiger partial charge in [-0.05, 0) is 52.4 Å². The summed E-state index contributed by atoms with van der Waals surface area (Å²) >= 11 is 3.45. The first kappa shape index (κ1) is 12.1. The minimum absolute atomic E-state index is 0.368. The lowest BCUT2D eigenvalue weighted by atomic mass is 9.82. The van der Waals surface area contributed by atoms with Crippen LogP contribution < -0.4 is 0 Å². The van der Waals surface area contributed by atoms with Gasteiger partial charge in [0.1, 0.15) is 5.82 Å². The SMILES string of the molecule is Brc1cnc2nc(C3CCCc4ccccc43)[nH]c2c1. The molecule has 0 fully saturated rings. The lowest BCUT2D eigenvalue weighted by Crippen LogP contribution is -2.12. The van der Waals surface area contributed by atoms with Crippen molar-refractivity contribution < 1.29 is 0 Å². The molecule has 20 heavy (non-hydrogen) atoms. The van der Waals surface area contributed by atoms with Gasteiger partial charge in [-0.15, -0.1) is 0 Å². The van der Waals surface area contributed by atoms with E-state index in [0.717, 1.165) is 27.9 Å². The maximum atomic E-state index is 4.69. The monoisotopic (exact) mass is 327 g/mol. The summed E-state index contributed by atoms with van der Waals surface area (Å²) in [6.45, 7) is 0. The summed E-state index contributed by atoms with van der Waals surface area (Å²) in [5.41, 5.74) is 4.67. The lowest BCUT2D eigenvalue weighted by Gasteiger charge is -2.23. The van der Waals surface area contributed by atoms with Crippen molar-refractivity contribution in [2.75, 3.05) is 0 Å². The Kier molecular flexibility index (Phi) is 2.84. The highest BCUT2D eigenvalue weighted by molar-refractivity contribution is 9.10. The predicted octanol–water partition coefficient (Wildman–Crippen LogP) is 4.19. The number of halogens is 1. The van der Waals surface area contributed by atoms with Crippen LogP contribution in [0.4, 0.5) is 0 Å². The number of nitrogens with zero attached hydrogens (tertiary/aromatic N) is 2. The van der Waals surface area contributed by atoms with Gasteiger partial charge in [0.25, 0.3) is 0 Å². The van der Waals surface area contributed by atoms with Gasteiger partial charge >= 0.3 is 0 Å². The van der Waals surface area contributed by atoms with Crippen LogP contribution in [-0.4, -0.2) is 15.0 Å². The summed E-state index contributed by atoms with van der Waals surface area (Å²) in [5, 5.41) is 0. The van der Waals surface area contributed by atoms with Gasteiger partial charge in [0, 0.05) is 16.6 Å². The Bertz CT molecular complexity index is 778. The van der Waals surface area contributed by atoms with Crippen molar-refractivity contribution in [1.29, 1.82) is 0 Å². The third-order valence-electron chi connectivity index (χ3n) is 4.02. The summed E-state index contributed by atoms with van der Waals surface area (Å²) in [6.07, 6.45) is 5.34. The van der Waals surface area contributed by atoms with Crippen LogP contribution in [-0.2, 0) is 6.42 Å². The van der Waals surface area contributed by atoms with E-state index >= 15 is 0 Å². The molecule has 1 N–H and O–H groups in total. The maximum absolute atomic E-state index is 4.69. The molecule has 0 bridgehead atoms. The summed E-state index contributed by atoms with van der Waals surface area (Å²) in [7, 11) is 0. The molecule has 2 heterocycles. The molecule has 4 rings (SSSR count). The zero-order chi connectivity index (χ0) is 13.5. The molecule has 0 radical (unpaired) electrons. The van der Waals surface area contributed by atoms with E-state index in [1.54, 1.807) is 6.20 Å². The van der Waals surface area contributed by atoms with Gasteiger partial charge < -0.3 is 4.98 Å². The highest BCUT2D eigenvalue weighted by Gasteiger charge is 2.24. The smallest absolute Gasteiger partial charge is 0.177 e. The number of aromatic nitrogens is 3. The highest BCUT2D eigenvalue weighted by Crippen LogP contribution is 2.35. The normalized spacial score (nSPS) is 18.1. The number of hydrogen-bond acceptors (Lipinski definition) is 2. The van der Waals surface area contributed by atoms with Crippen molar-refractivity contribution in [3.05, 3.63) is 58.0 Å². The van der Waals surface area contributed by atoms with Gasteiger partial charge in [-0.25, -0.2) is 9.97 Å². The fourth-order valence-corrected chi connectivity index (χ4v) is 3.43. The summed E-state index contributed by atoms with van der Waals surface area (Å²) in [4.78, 5) is 12.5. The van der Waals surface area contributed by atoms with Crippen LogP contribution in [0.2, 0.25) is 0 Å². The number of imidazole rings is 1. The topological polar surface area (TPSA) is 41.6 Å². The lowest BCUT2D eigenvalue weighted by molar-refractivity contribution is 0.596. The standard InChI is InChI=1S/C16H14BrN3/c17-11-8-14-16(18-9-11)20-15(19-14)13-7-3-5-10-4-1-2-6-12(10)13/h1-2,4,6,8-9,13H,3,5,7H2,(H,18,19,20). The first-order chi connectivity index (χ1) is 9.81. The minimum atomic E-state index is 0.368. The molecule has 1 aliphatic rings. The molecular formula is C16H14BrN3. The van der Waals surface area contributed by atoms with Crippen LogP contribution in [0, 0.1) is 0 Å². The fourth-order valence-electron chi connectivity index (χ4n) is 3.10.